The maximum atomic E-state index is 13.1. The largest absolute Gasteiger partial charge is 0.458 e. The van der Waals surface area contributed by atoms with Crippen LogP contribution in [0.2, 0.25) is 0 Å². The van der Waals surface area contributed by atoms with Crippen LogP contribution in [0.1, 0.15) is 24.0 Å². The van der Waals surface area contributed by atoms with Crippen LogP contribution in [0.5, 0.6) is 0 Å². The number of terminal acetylenes is 1. The molecule has 0 saturated carbocycles. The summed E-state index contributed by atoms with van der Waals surface area (Å²) >= 11 is 0. The predicted molar refractivity (Wildman–Crippen MR) is 108 cm³/mol. The molecule has 1 atom stereocenters. The molecule has 3 rings (SSSR count). The number of benzene rings is 2. The summed E-state index contributed by atoms with van der Waals surface area (Å²) in [4.78, 5) is 15.2. The third kappa shape index (κ3) is 4.70. The molecule has 1 fully saturated rings. The van der Waals surface area contributed by atoms with Crippen LogP contribution in [0.3, 0.4) is 0 Å². The zero-order chi connectivity index (χ0) is 18.4. The van der Waals surface area contributed by atoms with E-state index in [1.165, 1.54) is 0 Å². The van der Waals surface area contributed by atoms with Crippen molar-refractivity contribution in [2.75, 3.05) is 19.6 Å². The maximum absolute atomic E-state index is 13.1. The van der Waals surface area contributed by atoms with E-state index in [9.17, 15) is 9.90 Å². The van der Waals surface area contributed by atoms with Crippen molar-refractivity contribution in [2.45, 2.75) is 24.5 Å². The van der Waals surface area contributed by atoms with E-state index in [4.69, 9.17) is 11.2 Å². The highest BCUT2D eigenvalue weighted by molar-refractivity contribution is 5.86. The minimum absolute atomic E-state index is 0. The summed E-state index contributed by atoms with van der Waals surface area (Å²) in [6.07, 6.45) is 6.80. The van der Waals surface area contributed by atoms with E-state index in [-0.39, 0.29) is 18.5 Å². The number of esters is 1. The van der Waals surface area contributed by atoms with Gasteiger partial charge >= 0.3 is 5.97 Å². The Kier molecular flexibility index (Phi) is 7.44. The molecule has 1 aliphatic heterocycles. The van der Waals surface area contributed by atoms with Gasteiger partial charge in [0.05, 0.1) is 6.54 Å². The Bertz CT molecular complexity index is 734. The maximum Gasteiger partial charge on any atom is 0.348 e. The summed E-state index contributed by atoms with van der Waals surface area (Å²) in [5, 5.41) is 11.4. The van der Waals surface area contributed by atoms with Gasteiger partial charge in [-0.1, -0.05) is 66.6 Å². The van der Waals surface area contributed by atoms with Crippen LogP contribution in [0.15, 0.2) is 60.7 Å². The average Bonchev–Trinajstić information content (AvgIpc) is 2.69. The molecule has 0 bridgehead atoms. The van der Waals surface area contributed by atoms with Crippen LogP contribution in [0.4, 0.5) is 0 Å². The van der Waals surface area contributed by atoms with Crippen molar-refractivity contribution in [1.82, 2.24) is 4.90 Å². The normalized spacial score (nSPS) is 17.4. The summed E-state index contributed by atoms with van der Waals surface area (Å²) < 4.78 is 5.74. The molecule has 1 aliphatic rings. The molecule has 0 spiro atoms. The standard InChI is InChI=1S/C22H23NO3.ClH/c1-2-15-23-16-9-14-20(17-23)26-21(24)22(25,18-10-5-3-6-11-18)19-12-7-4-8-13-19;/h1,3-8,10-13,20,25H,9,14-17H2;1H. The van der Waals surface area contributed by atoms with Gasteiger partial charge in [-0.25, -0.2) is 4.79 Å². The van der Waals surface area contributed by atoms with E-state index >= 15 is 0 Å². The summed E-state index contributed by atoms with van der Waals surface area (Å²) in [6.45, 7) is 2.03. The van der Waals surface area contributed by atoms with Gasteiger partial charge in [-0.3, -0.25) is 4.90 Å². The minimum Gasteiger partial charge on any atom is -0.458 e. The Balaban J connectivity index is 0.00000261. The van der Waals surface area contributed by atoms with Gasteiger partial charge in [0.1, 0.15) is 6.10 Å². The number of piperidine rings is 1. The molecule has 2 aromatic carbocycles. The number of halogens is 1. The van der Waals surface area contributed by atoms with Crippen molar-refractivity contribution in [1.29, 1.82) is 0 Å². The van der Waals surface area contributed by atoms with Crippen molar-refractivity contribution in [3.8, 4) is 12.3 Å². The molecule has 27 heavy (non-hydrogen) atoms. The van der Waals surface area contributed by atoms with Gasteiger partial charge in [0, 0.05) is 6.54 Å². The first-order chi connectivity index (χ1) is 12.6. The number of hydrogen-bond donors (Lipinski definition) is 1. The number of ether oxygens (including phenoxy) is 1. The number of carbonyl (C=O) groups excluding carboxylic acids is 1. The highest BCUT2D eigenvalue weighted by Crippen LogP contribution is 2.32. The molecule has 1 heterocycles. The molecule has 1 unspecified atom stereocenters. The second-order valence-corrected chi connectivity index (χ2v) is 6.55. The third-order valence-electron chi connectivity index (χ3n) is 4.73. The van der Waals surface area contributed by atoms with Crippen LogP contribution in [0, 0.1) is 12.3 Å². The Labute approximate surface area is 166 Å². The minimum atomic E-state index is -1.84. The molecule has 0 aliphatic carbocycles. The molecule has 0 aromatic heterocycles. The van der Waals surface area contributed by atoms with Gasteiger partial charge in [0.2, 0.25) is 5.60 Å². The molecule has 4 nitrogen and oxygen atoms in total. The van der Waals surface area contributed by atoms with Gasteiger partial charge in [-0.15, -0.1) is 18.8 Å². The number of hydrogen-bond acceptors (Lipinski definition) is 4. The quantitative estimate of drug-likeness (QED) is 0.635. The first-order valence-corrected chi connectivity index (χ1v) is 8.85. The summed E-state index contributed by atoms with van der Waals surface area (Å²) in [5.41, 5.74) is -0.850. The predicted octanol–water partition coefficient (Wildman–Crippen LogP) is 2.99. The number of carbonyl (C=O) groups is 1. The molecule has 142 valence electrons. The van der Waals surface area contributed by atoms with E-state index in [0.717, 1.165) is 19.4 Å². The number of rotatable bonds is 5. The van der Waals surface area contributed by atoms with E-state index < -0.39 is 11.6 Å². The topological polar surface area (TPSA) is 49.8 Å². The molecule has 0 amide bonds. The van der Waals surface area contributed by atoms with Crippen molar-refractivity contribution in [3.05, 3.63) is 71.8 Å². The lowest BCUT2D eigenvalue weighted by Gasteiger charge is -2.34. The van der Waals surface area contributed by atoms with E-state index in [1.807, 2.05) is 12.1 Å². The highest BCUT2D eigenvalue weighted by Gasteiger charge is 2.43. The third-order valence-corrected chi connectivity index (χ3v) is 4.73. The van der Waals surface area contributed by atoms with Gasteiger partial charge in [-0.2, -0.15) is 0 Å². The van der Waals surface area contributed by atoms with E-state index in [2.05, 4.69) is 10.8 Å². The van der Waals surface area contributed by atoms with Gasteiger partial charge in [0.25, 0.3) is 0 Å². The van der Waals surface area contributed by atoms with E-state index in [0.29, 0.717) is 24.2 Å². The fourth-order valence-corrected chi connectivity index (χ4v) is 3.38. The second kappa shape index (κ2) is 9.57. The van der Waals surface area contributed by atoms with E-state index in [1.54, 1.807) is 48.5 Å². The molecule has 1 N–H and O–H groups in total. The molecule has 1 saturated heterocycles. The fourth-order valence-electron chi connectivity index (χ4n) is 3.38. The lowest BCUT2D eigenvalue weighted by molar-refractivity contribution is -0.170. The Hall–Kier alpha value is -2.32. The van der Waals surface area contributed by atoms with Crippen LogP contribution >= 0.6 is 12.4 Å². The number of likely N-dealkylation sites (tertiary alicyclic amines) is 1. The molecular weight excluding hydrogens is 362 g/mol. The first kappa shape index (κ1) is 21.0. The van der Waals surface area contributed by atoms with Gasteiger partial charge < -0.3 is 9.84 Å². The van der Waals surface area contributed by atoms with Crippen LogP contribution in [0.25, 0.3) is 0 Å². The lowest BCUT2D eigenvalue weighted by atomic mass is 9.86. The first-order valence-electron chi connectivity index (χ1n) is 8.85. The molecule has 0 radical (unpaired) electrons. The Morgan fingerprint density at radius 2 is 1.70 bits per heavy atom. The summed E-state index contributed by atoms with van der Waals surface area (Å²) in [7, 11) is 0. The van der Waals surface area contributed by atoms with Crippen molar-refractivity contribution >= 4 is 18.4 Å². The lowest BCUT2D eigenvalue weighted by Crippen LogP contribution is -2.45. The zero-order valence-electron chi connectivity index (χ0n) is 15.1. The van der Waals surface area contributed by atoms with Crippen molar-refractivity contribution in [2.24, 2.45) is 0 Å². The zero-order valence-corrected chi connectivity index (χ0v) is 15.9. The SMILES string of the molecule is C#CCN1CCCC(OC(=O)C(O)(c2ccccc2)c2ccccc2)C1.Cl. The fraction of sp³-hybridized carbons (Fsp3) is 0.318. The van der Waals surface area contributed by atoms with Crippen molar-refractivity contribution in [3.63, 3.8) is 0 Å². The molecular formula is C22H24ClNO3. The summed E-state index contributed by atoms with van der Waals surface area (Å²) in [5.74, 6) is 1.98. The Morgan fingerprint density at radius 1 is 1.15 bits per heavy atom. The second-order valence-electron chi connectivity index (χ2n) is 6.55. The average molecular weight is 386 g/mol. The molecule has 5 heteroatoms. The smallest absolute Gasteiger partial charge is 0.348 e. The van der Waals surface area contributed by atoms with Crippen molar-refractivity contribution < 1.29 is 14.6 Å². The van der Waals surface area contributed by atoms with Crippen LogP contribution in [-0.2, 0) is 15.1 Å². The Morgan fingerprint density at radius 3 is 2.22 bits per heavy atom. The van der Waals surface area contributed by atoms with Gasteiger partial charge in [-0.05, 0) is 30.5 Å². The van der Waals surface area contributed by atoms with Crippen LogP contribution in [-0.4, -0.2) is 41.7 Å². The molecule has 2 aromatic rings. The number of nitrogens with zero attached hydrogens (tertiary/aromatic N) is 1. The van der Waals surface area contributed by atoms with Gasteiger partial charge in [0.15, 0.2) is 0 Å². The summed E-state index contributed by atoms with van der Waals surface area (Å²) in [6, 6.07) is 17.8. The highest BCUT2D eigenvalue weighted by atomic mass is 35.5. The monoisotopic (exact) mass is 385 g/mol. The number of aliphatic hydroxyl groups is 1. The van der Waals surface area contributed by atoms with Crippen LogP contribution < -0.4 is 0 Å².